The van der Waals surface area contributed by atoms with Gasteiger partial charge in [0.15, 0.2) is 0 Å². The smallest absolute Gasteiger partial charge is 0.0206 e. The van der Waals surface area contributed by atoms with E-state index in [1.807, 2.05) is 11.8 Å². The number of nitrogens with zero attached hydrogens (tertiary/aromatic N) is 1. The normalized spacial score (nSPS) is 25.3. The van der Waals surface area contributed by atoms with Crippen LogP contribution in [0, 0.1) is 5.92 Å². The Morgan fingerprint density at radius 1 is 1.29 bits per heavy atom. The van der Waals surface area contributed by atoms with Gasteiger partial charge in [0.05, 0.1) is 0 Å². The van der Waals surface area contributed by atoms with Gasteiger partial charge in [-0.1, -0.05) is 37.3 Å². The maximum Gasteiger partial charge on any atom is 0.0206 e. The van der Waals surface area contributed by atoms with Crippen molar-refractivity contribution in [2.45, 2.75) is 18.7 Å². The molecule has 94 valence electrons. The number of nitrogens with two attached hydrogens (primary N) is 1. The fraction of sp³-hybridized carbons (Fsp3) is 0.571. The zero-order chi connectivity index (χ0) is 12.1. The molecule has 1 aromatic rings. The summed E-state index contributed by atoms with van der Waals surface area (Å²) in [4.78, 5) is 2.49. The van der Waals surface area contributed by atoms with Crippen molar-refractivity contribution >= 4 is 11.8 Å². The van der Waals surface area contributed by atoms with Crippen molar-refractivity contribution in [3.63, 3.8) is 0 Å². The lowest BCUT2D eigenvalue weighted by Gasteiger charge is -2.14. The second kappa shape index (κ2) is 6.43. The van der Waals surface area contributed by atoms with Gasteiger partial charge in [0.1, 0.15) is 0 Å². The van der Waals surface area contributed by atoms with E-state index in [4.69, 9.17) is 5.73 Å². The summed E-state index contributed by atoms with van der Waals surface area (Å²) < 4.78 is 0. The molecule has 17 heavy (non-hydrogen) atoms. The molecule has 0 radical (unpaired) electrons. The van der Waals surface area contributed by atoms with E-state index in [9.17, 15) is 0 Å². The first-order valence-electron chi connectivity index (χ1n) is 6.35. The predicted octanol–water partition coefficient (Wildman–Crippen LogP) is 2.20. The van der Waals surface area contributed by atoms with Crippen molar-refractivity contribution in [3.8, 4) is 0 Å². The van der Waals surface area contributed by atoms with Crippen LogP contribution in [0.1, 0.15) is 12.5 Å². The molecule has 1 aliphatic heterocycles. The van der Waals surface area contributed by atoms with Gasteiger partial charge in [-0.3, -0.25) is 0 Å². The zero-order valence-electron chi connectivity index (χ0n) is 10.5. The first-order valence-corrected chi connectivity index (χ1v) is 7.51. The molecule has 2 rings (SSSR count). The van der Waals surface area contributed by atoms with Crippen molar-refractivity contribution in [1.29, 1.82) is 0 Å². The van der Waals surface area contributed by atoms with Gasteiger partial charge in [0.25, 0.3) is 0 Å². The largest absolute Gasteiger partial charge is 0.326 e. The van der Waals surface area contributed by atoms with Crippen LogP contribution in [-0.2, 0) is 5.75 Å². The van der Waals surface area contributed by atoms with Crippen LogP contribution in [0.3, 0.4) is 0 Å². The molecule has 0 saturated carbocycles. The van der Waals surface area contributed by atoms with Gasteiger partial charge in [-0.05, 0) is 11.5 Å². The fourth-order valence-electron chi connectivity index (χ4n) is 2.24. The Labute approximate surface area is 109 Å². The number of hydrogen-bond donors (Lipinski definition) is 1. The highest BCUT2D eigenvalue weighted by molar-refractivity contribution is 7.98. The minimum absolute atomic E-state index is 0.383. The maximum atomic E-state index is 6.02. The third kappa shape index (κ3) is 4.02. The Kier molecular flexibility index (Phi) is 4.89. The average molecular weight is 250 g/mol. The molecule has 0 aliphatic carbocycles. The van der Waals surface area contributed by atoms with Gasteiger partial charge in [-0.25, -0.2) is 0 Å². The molecule has 0 bridgehead atoms. The van der Waals surface area contributed by atoms with E-state index in [1.165, 1.54) is 24.4 Å². The van der Waals surface area contributed by atoms with E-state index >= 15 is 0 Å². The summed E-state index contributed by atoms with van der Waals surface area (Å²) in [6.45, 7) is 5.68. The third-order valence-corrected chi connectivity index (χ3v) is 4.42. The summed E-state index contributed by atoms with van der Waals surface area (Å²) in [5.41, 5.74) is 7.44. The Morgan fingerprint density at radius 2 is 2.06 bits per heavy atom. The van der Waals surface area contributed by atoms with Gasteiger partial charge in [0, 0.05) is 37.2 Å². The molecular formula is C14H22N2S. The van der Waals surface area contributed by atoms with Crippen LogP contribution >= 0.6 is 11.8 Å². The quantitative estimate of drug-likeness (QED) is 0.812. The first kappa shape index (κ1) is 12.9. The Hall–Kier alpha value is -0.510. The molecule has 3 heteroatoms. The molecule has 1 saturated heterocycles. The second-order valence-corrected chi connectivity index (χ2v) is 6.04. The predicted molar refractivity (Wildman–Crippen MR) is 76.2 cm³/mol. The molecule has 2 nitrogen and oxygen atoms in total. The molecular weight excluding hydrogens is 228 g/mol. The van der Waals surface area contributed by atoms with E-state index in [-0.39, 0.29) is 0 Å². The molecule has 2 N–H and O–H groups in total. The van der Waals surface area contributed by atoms with Crippen molar-refractivity contribution in [3.05, 3.63) is 35.9 Å². The molecule has 1 aromatic carbocycles. The molecule has 0 aromatic heterocycles. The van der Waals surface area contributed by atoms with Gasteiger partial charge in [-0.15, -0.1) is 0 Å². The Morgan fingerprint density at radius 3 is 2.71 bits per heavy atom. The van der Waals surface area contributed by atoms with Crippen LogP contribution in [-0.4, -0.2) is 36.3 Å². The average Bonchev–Trinajstić information content (AvgIpc) is 2.66. The molecule has 1 heterocycles. The van der Waals surface area contributed by atoms with Gasteiger partial charge >= 0.3 is 0 Å². The van der Waals surface area contributed by atoms with Crippen molar-refractivity contribution in [1.82, 2.24) is 4.90 Å². The lowest BCUT2D eigenvalue weighted by atomic mass is 10.1. The van der Waals surface area contributed by atoms with E-state index in [0.29, 0.717) is 12.0 Å². The molecule has 2 unspecified atom stereocenters. The number of benzene rings is 1. The van der Waals surface area contributed by atoms with Crippen molar-refractivity contribution < 1.29 is 0 Å². The summed E-state index contributed by atoms with van der Waals surface area (Å²) >= 11 is 2.01. The summed E-state index contributed by atoms with van der Waals surface area (Å²) in [7, 11) is 0. The monoisotopic (exact) mass is 250 g/mol. The minimum atomic E-state index is 0.383. The van der Waals surface area contributed by atoms with Gasteiger partial charge < -0.3 is 10.6 Å². The number of thioether (sulfide) groups is 1. The lowest BCUT2D eigenvalue weighted by Crippen LogP contribution is -2.29. The van der Waals surface area contributed by atoms with E-state index in [0.717, 1.165) is 12.3 Å². The first-order chi connectivity index (χ1) is 8.25. The summed E-state index contributed by atoms with van der Waals surface area (Å²) in [6.07, 6.45) is 0. The highest BCUT2D eigenvalue weighted by Crippen LogP contribution is 2.16. The van der Waals surface area contributed by atoms with Crippen molar-refractivity contribution in [2.24, 2.45) is 11.7 Å². The van der Waals surface area contributed by atoms with E-state index in [1.54, 1.807) is 0 Å². The van der Waals surface area contributed by atoms with Crippen LogP contribution in [0.2, 0.25) is 0 Å². The fourth-order valence-corrected chi connectivity index (χ4v) is 3.20. The van der Waals surface area contributed by atoms with Crippen LogP contribution < -0.4 is 5.73 Å². The Bertz CT molecular complexity index is 318. The van der Waals surface area contributed by atoms with Crippen LogP contribution in [0.5, 0.6) is 0 Å². The van der Waals surface area contributed by atoms with Gasteiger partial charge in [-0.2, -0.15) is 11.8 Å². The Balaban J connectivity index is 1.61. The molecule has 1 fully saturated rings. The number of likely N-dealkylation sites (tertiary alicyclic amines) is 1. The van der Waals surface area contributed by atoms with Crippen LogP contribution in [0.15, 0.2) is 30.3 Å². The molecule has 0 amide bonds. The molecule has 0 spiro atoms. The summed E-state index contributed by atoms with van der Waals surface area (Å²) in [5.74, 6) is 2.99. The van der Waals surface area contributed by atoms with E-state index < -0.39 is 0 Å². The topological polar surface area (TPSA) is 29.3 Å². The third-order valence-electron chi connectivity index (χ3n) is 3.41. The minimum Gasteiger partial charge on any atom is -0.326 e. The second-order valence-electron chi connectivity index (χ2n) is 4.94. The SMILES string of the molecule is CC1CN(CCSCc2ccccc2)CC1N. The number of rotatable bonds is 5. The molecule has 1 aliphatic rings. The lowest BCUT2D eigenvalue weighted by molar-refractivity contribution is 0.348. The highest BCUT2D eigenvalue weighted by Gasteiger charge is 2.25. The summed E-state index contributed by atoms with van der Waals surface area (Å²) in [5, 5.41) is 0. The van der Waals surface area contributed by atoms with Crippen LogP contribution in [0.4, 0.5) is 0 Å². The highest BCUT2D eigenvalue weighted by atomic mass is 32.2. The van der Waals surface area contributed by atoms with Gasteiger partial charge in [0.2, 0.25) is 0 Å². The number of hydrogen-bond acceptors (Lipinski definition) is 3. The zero-order valence-corrected chi connectivity index (χ0v) is 11.3. The standard InChI is InChI=1S/C14H22N2S/c1-12-9-16(10-14(12)15)7-8-17-11-13-5-3-2-4-6-13/h2-6,12,14H,7-11,15H2,1H3. The van der Waals surface area contributed by atoms with Crippen LogP contribution in [0.25, 0.3) is 0 Å². The molecule has 2 atom stereocenters. The van der Waals surface area contributed by atoms with E-state index in [2.05, 4.69) is 42.2 Å². The summed E-state index contributed by atoms with van der Waals surface area (Å²) in [6, 6.07) is 11.1. The van der Waals surface area contributed by atoms with Crippen molar-refractivity contribution in [2.75, 3.05) is 25.4 Å². The maximum absolute atomic E-state index is 6.02.